The molecule has 0 spiro atoms. The molecule has 0 unspecified atom stereocenters. The van der Waals surface area contributed by atoms with Gasteiger partial charge in [0.15, 0.2) is 0 Å². The standard InChI is InChI=1S/C17H21N3O/c1-3-10-18-17(21)15-5-7-16(8-6-15)19-12-14-9-11-20(4-2)13-14/h3,5-9,11,13,19H,1,4,10,12H2,2H3,(H,18,21). The fourth-order valence-electron chi connectivity index (χ4n) is 2.00. The largest absolute Gasteiger partial charge is 0.381 e. The van der Waals surface area contributed by atoms with Crippen molar-refractivity contribution in [2.75, 3.05) is 11.9 Å². The van der Waals surface area contributed by atoms with Crippen molar-refractivity contribution in [1.29, 1.82) is 0 Å². The zero-order chi connectivity index (χ0) is 15.1. The van der Waals surface area contributed by atoms with Gasteiger partial charge >= 0.3 is 0 Å². The van der Waals surface area contributed by atoms with Crippen LogP contribution in [0.5, 0.6) is 0 Å². The molecular formula is C17H21N3O. The van der Waals surface area contributed by atoms with E-state index < -0.39 is 0 Å². The quantitative estimate of drug-likeness (QED) is 0.767. The Morgan fingerprint density at radius 2 is 2.05 bits per heavy atom. The number of hydrogen-bond donors (Lipinski definition) is 2. The monoisotopic (exact) mass is 283 g/mol. The molecule has 1 heterocycles. The van der Waals surface area contributed by atoms with Crippen LogP contribution in [0.2, 0.25) is 0 Å². The third-order valence-electron chi connectivity index (χ3n) is 3.23. The molecule has 0 fully saturated rings. The first-order valence-corrected chi connectivity index (χ1v) is 7.10. The summed E-state index contributed by atoms with van der Waals surface area (Å²) >= 11 is 0. The molecule has 4 heteroatoms. The number of hydrogen-bond acceptors (Lipinski definition) is 2. The Balaban J connectivity index is 1.89. The Labute approximate surface area is 125 Å². The molecule has 2 N–H and O–H groups in total. The SMILES string of the molecule is C=CCNC(=O)c1ccc(NCc2ccn(CC)c2)cc1. The number of rotatable bonds is 7. The zero-order valence-corrected chi connectivity index (χ0v) is 12.3. The smallest absolute Gasteiger partial charge is 0.251 e. The highest BCUT2D eigenvalue weighted by Crippen LogP contribution is 2.11. The first-order chi connectivity index (χ1) is 10.2. The van der Waals surface area contributed by atoms with Gasteiger partial charge in [-0.25, -0.2) is 0 Å². The van der Waals surface area contributed by atoms with Crippen LogP contribution in [0.3, 0.4) is 0 Å². The number of nitrogens with one attached hydrogen (secondary N) is 2. The molecule has 0 atom stereocenters. The summed E-state index contributed by atoms with van der Waals surface area (Å²) in [5.74, 6) is -0.0820. The van der Waals surface area contributed by atoms with Gasteiger partial charge in [0.1, 0.15) is 0 Å². The number of carbonyl (C=O) groups excluding carboxylic acids is 1. The summed E-state index contributed by atoms with van der Waals surface area (Å²) < 4.78 is 2.14. The molecule has 0 aliphatic heterocycles. The molecule has 0 aliphatic carbocycles. The maximum Gasteiger partial charge on any atom is 0.251 e. The van der Waals surface area contributed by atoms with Gasteiger partial charge in [-0.3, -0.25) is 4.79 Å². The predicted octanol–water partition coefficient (Wildman–Crippen LogP) is 3.04. The number of benzene rings is 1. The minimum atomic E-state index is -0.0820. The lowest BCUT2D eigenvalue weighted by atomic mass is 10.2. The van der Waals surface area contributed by atoms with Crippen LogP contribution < -0.4 is 10.6 Å². The number of aryl methyl sites for hydroxylation is 1. The van der Waals surface area contributed by atoms with Crippen LogP contribution in [0, 0.1) is 0 Å². The maximum atomic E-state index is 11.7. The summed E-state index contributed by atoms with van der Waals surface area (Å²) in [5.41, 5.74) is 2.89. The van der Waals surface area contributed by atoms with Crippen LogP contribution in [-0.2, 0) is 13.1 Å². The van der Waals surface area contributed by atoms with Crippen LogP contribution >= 0.6 is 0 Å². The van der Waals surface area contributed by atoms with Gasteiger partial charge in [0.25, 0.3) is 5.91 Å². The van der Waals surface area contributed by atoms with Crippen LogP contribution in [0.15, 0.2) is 55.4 Å². The molecule has 110 valence electrons. The minimum absolute atomic E-state index is 0.0820. The van der Waals surface area contributed by atoms with E-state index in [-0.39, 0.29) is 5.91 Å². The highest BCUT2D eigenvalue weighted by atomic mass is 16.1. The Kier molecular flexibility index (Phi) is 5.21. The Hall–Kier alpha value is -2.49. The van der Waals surface area contributed by atoms with E-state index in [4.69, 9.17) is 0 Å². The lowest BCUT2D eigenvalue weighted by molar-refractivity contribution is 0.0958. The van der Waals surface area contributed by atoms with Gasteiger partial charge in [-0.2, -0.15) is 0 Å². The van der Waals surface area contributed by atoms with Crippen molar-refractivity contribution < 1.29 is 4.79 Å². The summed E-state index contributed by atoms with van der Waals surface area (Å²) in [4.78, 5) is 11.7. The number of aromatic nitrogens is 1. The zero-order valence-electron chi connectivity index (χ0n) is 12.3. The van der Waals surface area contributed by atoms with Crippen molar-refractivity contribution in [3.8, 4) is 0 Å². The van der Waals surface area contributed by atoms with Crippen molar-refractivity contribution in [3.63, 3.8) is 0 Å². The summed E-state index contributed by atoms with van der Waals surface area (Å²) in [5, 5.41) is 6.10. The van der Waals surface area contributed by atoms with Gasteiger partial charge in [0.2, 0.25) is 0 Å². The molecule has 0 bridgehead atoms. The van der Waals surface area contributed by atoms with E-state index in [1.165, 1.54) is 5.56 Å². The molecule has 0 aliphatic rings. The molecule has 0 saturated heterocycles. The molecule has 1 aromatic carbocycles. The van der Waals surface area contributed by atoms with Gasteiger partial charge in [0.05, 0.1) is 0 Å². The second-order valence-electron chi connectivity index (χ2n) is 4.78. The lowest BCUT2D eigenvalue weighted by Gasteiger charge is -2.07. The molecule has 0 radical (unpaired) electrons. The average Bonchev–Trinajstić information content (AvgIpc) is 2.99. The maximum absolute atomic E-state index is 11.7. The van der Waals surface area contributed by atoms with Crippen molar-refractivity contribution in [2.45, 2.75) is 20.0 Å². The Morgan fingerprint density at radius 1 is 1.29 bits per heavy atom. The minimum Gasteiger partial charge on any atom is -0.381 e. The molecule has 1 aromatic heterocycles. The van der Waals surface area contributed by atoms with Crippen LogP contribution in [-0.4, -0.2) is 17.0 Å². The van der Waals surface area contributed by atoms with Gasteiger partial charge < -0.3 is 15.2 Å². The predicted molar refractivity (Wildman–Crippen MR) is 86.4 cm³/mol. The number of carbonyl (C=O) groups is 1. The van der Waals surface area contributed by atoms with Crippen LogP contribution in [0.1, 0.15) is 22.8 Å². The van der Waals surface area contributed by atoms with Crippen molar-refractivity contribution in [2.24, 2.45) is 0 Å². The topological polar surface area (TPSA) is 46.1 Å². The fourth-order valence-corrected chi connectivity index (χ4v) is 2.00. The summed E-state index contributed by atoms with van der Waals surface area (Å²) in [6, 6.07) is 9.57. The van der Waals surface area contributed by atoms with Crippen molar-refractivity contribution in [3.05, 3.63) is 66.5 Å². The third-order valence-corrected chi connectivity index (χ3v) is 3.23. The molecule has 21 heavy (non-hydrogen) atoms. The number of anilines is 1. The van der Waals surface area contributed by atoms with Gasteiger partial charge in [-0.15, -0.1) is 6.58 Å². The van der Waals surface area contributed by atoms with E-state index in [0.717, 1.165) is 18.8 Å². The summed E-state index contributed by atoms with van der Waals surface area (Å²) in [7, 11) is 0. The number of amides is 1. The first-order valence-electron chi connectivity index (χ1n) is 7.10. The van der Waals surface area contributed by atoms with E-state index in [2.05, 4.69) is 47.2 Å². The second kappa shape index (κ2) is 7.33. The molecular weight excluding hydrogens is 262 g/mol. The van der Waals surface area contributed by atoms with Gasteiger partial charge in [-0.05, 0) is 42.8 Å². The molecule has 2 aromatic rings. The fraction of sp³-hybridized carbons (Fsp3) is 0.235. The summed E-state index contributed by atoms with van der Waals surface area (Å²) in [6.07, 6.45) is 5.87. The van der Waals surface area contributed by atoms with E-state index in [1.54, 1.807) is 6.08 Å². The van der Waals surface area contributed by atoms with E-state index in [1.807, 2.05) is 24.3 Å². The van der Waals surface area contributed by atoms with Crippen molar-refractivity contribution in [1.82, 2.24) is 9.88 Å². The number of nitrogens with zero attached hydrogens (tertiary/aromatic N) is 1. The molecule has 1 amide bonds. The Morgan fingerprint density at radius 3 is 2.67 bits per heavy atom. The molecule has 4 nitrogen and oxygen atoms in total. The molecule has 2 rings (SSSR count). The normalized spacial score (nSPS) is 10.1. The average molecular weight is 283 g/mol. The highest BCUT2D eigenvalue weighted by Gasteiger charge is 2.03. The van der Waals surface area contributed by atoms with Gasteiger partial charge in [-0.1, -0.05) is 6.08 Å². The van der Waals surface area contributed by atoms with Crippen LogP contribution in [0.25, 0.3) is 0 Å². The van der Waals surface area contributed by atoms with Crippen LogP contribution in [0.4, 0.5) is 5.69 Å². The van der Waals surface area contributed by atoms with E-state index in [0.29, 0.717) is 12.1 Å². The first kappa shape index (κ1) is 14.9. The van der Waals surface area contributed by atoms with Crippen molar-refractivity contribution >= 4 is 11.6 Å². The Bertz CT molecular complexity index is 599. The van der Waals surface area contributed by atoms with E-state index in [9.17, 15) is 4.79 Å². The van der Waals surface area contributed by atoms with Gasteiger partial charge in [0, 0.05) is 43.3 Å². The second-order valence-corrected chi connectivity index (χ2v) is 4.78. The summed E-state index contributed by atoms with van der Waals surface area (Å²) in [6.45, 7) is 7.93. The van der Waals surface area contributed by atoms with E-state index >= 15 is 0 Å². The molecule has 0 saturated carbocycles. The third kappa shape index (κ3) is 4.24. The highest BCUT2D eigenvalue weighted by molar-refractivity contribution is 5.94. The lowest BCUT2D eigenvalue weighted by Crippen LogP contribution is -2.23.